The number of aromatic amines is 1. The molecule has 0 amide bonds. The molecule has 1 heterocycles. The van der Waals surface area contributed by atoms with Gasteiger partial charge in [-0.15, -0.1) is 0 Å². The summed E-state index contributed by atoms with van der Waals surface area (Å²) in [4.78, 5) is 3.33. The number of aromatic nitrogens is 1. The van der Waals surface area contributed by atoms with Crippen molar-refractivity contribution in [3.63, 3.8) is 0 Å². The summed E-state index contributed by atoms with van der Waals surface area (Å²) in [6, 6.07) is 8.05. The van der Waals surface area contributed by atoms with Gasteiger partial charge in [-0.2, -0.15) is 11.8 Å². The molecule has 13 heavy (non-hydrogen) atoms. The Morgan fingerprint density at radius 2 is 2.31 bits per heavy atom. The van der Waals surface area contributed by atoms with E-state index in [9.17, 15) is 0 Å². The van der Waals surface area contributed by atoms with Crippen LogP contribution in [0.3, 0.4) is 0 Å². The Morgan fingerprint density at radius 3 is 3.00 bits per heavy atom. The van der Waals surface area contributed by atoms with Crippen LogP contribution in [0.4, 0.5) is 0 Å². The molecule has 1 aromatic carbocycles. The molecule has 1 aromatic heterocycles. The predicted octanol–water partition coefficient (Wildman–Crippen LogP) is 3.68. The van der Waals surface area contributed by atoms with E-state index in [4.69, 9.17) is 11.6 Å². The number of nitrogens with one attached hydrogen (secondary N) is 1. The Bertz CT molecular complexity index is 422. The van der Waals surface area contributed by atoms with Crippen molar-refractivity contribution in [1.82, 2.24) is 4.98 Å². The summed E-state index contributed by atoms with van der Waals surface area (Å²) in [6.07, 6.45) is 2.09. The van der Waals surface area contributed by atoms with Crippen LogP contribution in [0, 0.1) is 0 Å². The van der Waals surface area contributed by atoms with Crippen molar-refractivity contribution >= 4 is 34.3 Å². The number of hydrogen-bond acceptors (Lipinski definition) is 1. The smallest absolute Gasteiger partial charge is 0.0499 e. The molecule has 1 nitrogen and oxygen atoms in total. The maximum Gasteiger partial charge on any atom is 0.0499 e. The fourth-order valence-electron chi connectivity index (χ4n) is 1.41. The van der Waals surface area contributed by atoms with E-state index in [2.05, 4.69) is 17.3 Å². The van der Waals surface area contributed by atoms with Crippen molar-refractivity contribution in [2.45, 2.75) is 5.75 Å². The molecule has 0 spiro atoms. The van der Waals surface area contributed by atoms with E-state index in [-0.39, 0.29) is 0 Å². The first-order chi connectivity index (χ1) is 6.31. The highest BCUT2D eigenvalue weighted by atomic mass is 35.5. The van der Waals surface area contributed by atoms with Crippen molar-refractivity contribution in [3.8, 4) is 0 Å². The van der Waals surface area contributed by atoms with Gasteiger partial charge < -0.3 is 4.98 Å². The van der Waals surface area contributed by atoms with Crippen molar-refractivity contribution in [3.05, 3.63) is 35.0 Å². The Labute approximate surface area is 86.5 Å². The number of halogens is 1. The molecule has 0 aliphatic carbocycles. The molecular weight excluding hydrogens is 202 g/mol. The second kappa shape index (κ2) is 3.64. The molecule has 1 N–H and O–H groups in total. The van der Waals surface area contributed by atoms with E-state index in [0.717, 1.165) is 21.7 Å². The normalized spacial score (nSPS) is 10.9. The van der Waals surface area contributed by atoms with E-state index in [1.54, 1.807) is 11.8 Å². The quantitative estimate of drug-likeness (QED) is 0.801. The fourth-order valence-corrected chi connectivity index (χ4v) is 2.10. The van der Waals surface area contributed by atoms with Crippen molar-refractivity contribution in [2.24, 2.45) is 0 Å². The SMILES string of the molecule is CSCc1cc2c(Cl)cccc2[nH]1. The van der Waals surface area contributed by atoms with Gasteiger partial charge >= 0.3 is 0 Å². The lowest BCUT2D eigenvalue weighted by Crippen LogP contribution is -1.75. The van der Waals surface area contributed by atoms with Crippen molar-refractivity contribution < 1.29 is 0 Å². The molecule has 0 aliphatic heterocycles. The average molecular weight is 212 g/mol. The summed E-state index contributed by atoms with van der Waals surface area (Å²) >= 11 is 7.85. The highest BCUT2D eigenvalue weighted by Crippen LogP contribution is 2.24. The maximum atomic E-state index is 6.04. The number of benzene rings is 1. The molecule has 0 saturated heterocycles. The molecule has 0 unspecified atom stereocenters. The van der Waals surface area contributed by atoms with Gasteiger partial charge in [-0.05, 0) is 24.5 Å². The van der Waals surface area contributed by atoms with Crippen molar-refractivity contribution in [1.29, 1.82) is 0 Å². The number of hydrogen-bond donors (Lipinski definition) is 1. The first-order valence-electron chi connectivity index (χ1n) is 4.06. The lowest BCUT2D eigenvalue weighted by molar-refractivity contribution is 1.27. The Hall–Kier alpha value is -0.600. The van der Waals surface area contributed by atoms with E-state index in [0.29, 0.717) is 0 Å². The maximum absolute atomic E-state index is 6.04. The minimum atomic E-state index is 0.820. The van der Waals surface area contributed by atoms with Gasteiger partial charge in [0, 0.05) is 27.4 Å². The molecule has 0 bridgehead atoms. The van der Waals surface area contributed by atoms with Gasteiger partial charge in [0.25, 0.3) is 0 Å². The number of fused-ring (bicyclic) bond motifs is 1. The van der Waals surface area contributed by atoms with Gasteiger partial charge in [0.2, 0.25) is 0 Å². The van der Waals surface area contributed by atoms with Crippen LogP contribution in [0.2, 0.25) is 5.02 Å². The third-order valence-corrected chi connectivity index (χ3v) is 2.90. The second-order valence-corrected chi connectivity index (χ2v) is 4.20. The van der Waals surface area contributed by atoms with Crippen LogP contribution in [-0.2, 0) is 5.75 Å². The van der Waals surface area contributed by atoms with Crippen LogP contribution in [0.25, 0.3) is 10.9 Å². The van der Waals surface area contributed by atoms with Crippen LogP contribution < -0.4 is 0 Å². The Balaban J connectivity index is 2.55. The van der Waals surface area contributed by atoms with Crippen LogP contribution in [0.15, 0.2) is 24.3 Å². The zero-order valence-corrected chi connectivity index (χ0v) is 8.88. The lowest BCUT2D eigenvalue weighted by Gasteiger charge is -1.90. The van der Waals surface area contributed by atoms with Gasteiger partial charge in [-0.25, -0.2) is 0 Å². The molecule has 2 rings (SSSR count). The molecule has 0 fully saturated rings. The molecule has 0 radical (unpaired) electrons. The van der Waals surface area contributed by atoms with Gasteiger partial charge in [-0.3, -0.25) is 0 Å². The van der Waals surface area contributed by atoms with Crippen LogP contribution in [0.5, 0.6) is 0 Å². The lowest BCUT2D eigenvalue weighted by atomic mass is 10.2. The summed E-state index contributed by atoms with van der Waals surface area (Å²) in [5.74, 6) is 1.00. The molecule has 68 valence electrons. The fraction of sp³-hybridized carbons (Fsp3) is 0.200. The molecule has 2 aromatic rings. The summed E-state index contributed by atoms with van der Waals surface area (Å²) in [5, 5.41) is 1.94. The first-order valence-corrected chi connectivity index (χ1v) is 5.83. The number of H-pyrrole nitrogens is 1. The van der Waals surface area contributed by atoms with Gasteiger partial charge in [-0.1, -0.05) is 17.7 Å². The Morgan fingerprint density at radius 1 is 1.46 bits per heavy atom. The highest BCUT2D eigenvalue weighted by Gasteiger charge is 2.02. The number of thioether (sulfide) groups is 1. The summed E-state index contributed by atoms with van der Waals surface area (Å²) in [6.45, 7) is 0. The zero-order chi connectivity index (χ0) is 9.26. The number of rotatable bonds is 2. The summed E-state index contributed by atoms with van der Waals surface area (Å²) in [5.41, 5.74) is 2.35. The summed E-state index contributed by atoms with van der Waals surface area (Å²) < 4.78 is 0. The third-order valence-electron chi connectivity index (χ3n) is 1.97. The minimum absolute atomic E-state index is 0.820. The van der Waals surface area contributed by atoms with E-state index < -0.39 is 0 Å². The van der Waals surface area contributed by atoms with E-state index in [1.165, 1.54) is 5.69 Å². The Kier molecular flexibility index (Phi) is 2.51. The third kappa shape index (κ3) is 1.69. The first kappa shape index (κ1) is 8.97. The van der Waals surface area contributed by atoms with Crippen LogP contribution in [-0.4, -0.2) is 11.2 Å². The van der Waals surface area contributed by atoms with Crippen LogP contribution >= 0.6 is 23.4 Å². The predicted molar refractivity (Wildman–Crippen MR) is 60.5 cm³/mol. The summed E-state index contributed by atoms with van der Waals surface area (Å²) in [7, 11) is 0. The minimum Gasteiger partial charge on any atom is -0.358 e. The van der Waals surface area contributed by atoms with E-state index in [1.807, 2.05) is 18.2 Å². The monoisotopic (exact) mass is 211 g/mol. The molecule has 0 atom stereocenters. The van der Waals surface area contributed by atoms with Gasteiger partial charge in [0.1, 0.15) is 0 Å². The van der Waals surface area contributed by atoms with Crippen LogP contribution in [0.1, 0.15) is 5.69 Å². The van der Waals surface area contributed by atoms with Gasteiger partial charge in [0.05, 0.1) is 0 Å². The molecular formula is C10H10ClNS. The zero-order valence-electron chi connectivity index (χ0n) is 7.30. The standard InChI is InChI=1S/C10H10ClNS/c1-13-6-7-5-8-9(11)3-2-4-10(8)12-7/h2-5,12H,6H2,1H3. The van der Waals surface area contributed by atoms with E-state index >= 15 is 0 Å². The highest BCUT2D eigenvalue weighted by molar-refractivity contribution is 7.97. The van der Waals surface area contributed by atoms with Gasteiger partial charge in [0.15, 0.2) is 0 Å². The average Bonchev–Trinajstić information content (AvgIpc) is 2.49. The van der Waals surface area contributed by atoms with Crippen molar-refractivity contribution in [2.75, 3.05) is 6.26 Å². The second-order valence-electron chi connectivity index (χ2n) is 2.93. The topological polar surface area (TPSA) is 15.8 Å². The molecule has 3 heteroatoms. The molecule has 0 saturated carbocycles. The molecule has 0 aliphatic rings. The largest absolute Gasteiger partial charge is 0.358 e.